The number of benzene rings is 1. The first-order valence-electron chi connectivity index (χ1n) is 8.17. The zero-order valence-electron chi connectivity index (χ0n) is 14.6. The van der Waals surface area contributed by atoms with Crippen molar-refractivity contribution in [1.29, 1.82) is 0 Å². The van der Waals surface area contributed by atoms with Crippen molar-refractivity contribution in [3.63, 3.8) is 0 Å². The second-order valence-corrected chi connectivity index (χ2v) is 7.95. The average Bonchev–Trinajstić information content (AvgIpc) is 2.37. The smallest absolute Gasteiger partial charge is 0.0438 e. The van der Waals surface area contributed by atoms with Crippen molar-refractivity contribution in [2.75, 3.05) is 13.1 Å². The lowest BCUT2D eigenvalue weighted by molar-refractivity contribution is 0.300. The minimum Gasteiger partial charge on any atom is -0.316 e. The molecule has 0 bridgehead atoms. The van der Waals surface area contributed by atoms with Gasteiger partial charge in [-0.05, 0) is 80.3 Å². The summed E-state index contributed by atoms with van der Waals surface area (Å²) in [6.45, 7) is 15.7. The van der Waals surface area contributed by atoms with E-state index in [0.29, 0.717) is 5.41 Å². The minimum atomic E-state index is 0.379. The average molecular weight is 310 g/mol. The van der Waals surface area contributed by atoms with Crippen molar-refractivity contribution in [2.24, 2.45) is 11.3 Å². The maximum absolute atomic E-state index is 6.18. The van der Waals surface area contributed by atoms with E-state index in [4.69, 9.17) is 11.6 Å². The Morgan fingerprint density at radius 3 is 2.38 bits per heavy atom. The Kier molecular flexibility index (Phi) is 7.23. The highest BCUT2D eigenvalue weighted by Crippen LogP contribution is 2.29. The molecule has 0 spiro atoms. The molecule has 0 aromatic heterocycles. The number of nitrogens with one attached hydrogen (secondary N) is 1. The highest BCUT2D eigenvalue weighted by Gasteiger charge is 2.18. The molecule has 1 aromatic carbocycles. The summed E-state index contributed by atoms with van der Waals surface area (Å²) in [7, 11) is 0. The lowest BCUT2D eigenvalue weighted by atomic mass is 9.82. The molecule has 120 valence electrons. The van der Waals surface area contributed by atoms with E-state index in [1.165, 1.54) is 29.5 Å². The molecule has 0 aliphatic rings. The van der Waals surface area contributed by atoms with Crippen LogP contribution < -0.4 is 5.32 Å². The standard InChI is InChI=1S/C19H32ClN/c1-14(2)13-21-10-9-19(5,6)8-7-17-11-16(4)18(20)12-15(17)3/h11-12,14,21H,7-10,13H2,1-6H3. The van der Waals surface area contributed by atoms with Crippen molar-refractivity contribution in [3.05, 3.63) is 33.8 Å². The summed E-state index contributed by atoms with van der Waals surface area (Å²) in [5.41, 5.74) is 4.33. The van der Waals surface area contributed by atoms with Crippen LogP contribution in [0.15, 0.2) is 12.1 Å². The number of hydrogen-bond acceptors (Lipinski definition) is 1. The van der Waals surface area contributed by atoms with Crippen LogP contribution in [0.3, 0.4) is 0 Å². The summed E-state index contributed by atoms with van der Waals surface area (Å²) in [4.78, 5) is 0. The second-order valence-electron chi connectivity index (χ2n) is 7.54. The maximum atomic E-state index is 6.18. The largest absolute Gasteiger partial charge is 0.316 e. The van der Waals surface area contributed by atoms with Crippen LogP contribution in [0.1, 0.15) is 57.2 Å². The van der Waals surface area contributed by atoms with Crippen LogP contribution in [-0.4, -0.2) is 13.1 Å². The van der Waals surface area contributed by atoms with Gasteiger partial charge in [0.2, 0.25) is 0 Å². The lowest BCUT2D eigenvalue weighted by Gasteiger charge is -2.25. The Morgan fingerprint density at radius 2 is 1.76 bits per heavy atom. The van der Waals surface area contributed by atoms with Crippen molar-refractivity contribution in [3.8, 4) is 0 Å². The van der Waals surface area contributed by atoms with Crippen LogP contribution in [0, 0.1) is 25.2 Å². The van der Waals surface area contributed by atoms with Crippen molar-refractivity contribution in [2.45, 2.75) is 60.8 Å². The SMILES string of the molecule is Cc1cc(CCC(C)(C)CCNCC(C)C)c(C)cc1Cl. The van der Waals surface area contributed by atoms with E-state index in [0.717, 1.165) is 30.5 Å². The summed E-state index contributed by atoms with van der Waals surface area (Å²) in [5.74, 6) is 0.729. The van der Waals surface area contributed by atoms with Gasteiger partial charge in [-0.3, -0.25) is 0 Å². The van der Waals surface area contributed by atoms with Crippen LogP contribution >= 0.6 is 11.6 Å². The van der Waals surface area contributed by atoms with Gasteiger partial charge < -0.3 is 5.32 Å². The Balaban J connectivity index is 2.47. The fourth-order valence-electron chi connectivity index (χ4n) is 2.53. The number of hydrogen-bond donors (Lipinski definition) is 1. The maximum Gasteiger partial charge on any atom is 0.0438 e. The van der Waals surface area contributed by atoms with E-state index in [1.807, 2.05) is 0 Å². The van der Waals surface area contributed by atoms with Crippen molar-refractivity contribution in [1.82, 2.24) is 5.32 Å². The molecule has 0 radical (unpaired) electrons. The van der Waals surface area contributed by atoms with E-state index in [2.05, 4.69) is 59.0 Å². The number of halogens is 1. The molecule has 1 aromatic rings. The first kappa shape index (κ1) is 18.5. The number of rotatable bonds is 8. The first-order chi connectivity index (χ1) is 9.71. The van der Waals surface area contributed by atoms with Crippen LogP contribution in [-0.2, 0) is 6.42 Å². The zero-order valence-corrected chi connectivity index (χ0v) is 15.4. The topological polar surface area (TPSA) is 12.0 Å². The number of aryl methyl sites for hydroxylation is 3. The molecular weight excluding hydrogens is 278 g/mol. The minimum absolute atomic E-state index is 0.379. The molecule has 1 rings (SSSR count). The molecule has 0 saturated heterocycles. The molecular formula is C19H32ClN. The van der Waals surface area contributed by atoms with Crippen molar-refractivity contribution < 1.29 is 0 Å². The highest BCUT2D eigenvalue weighted by molar-refractivity contribution is 6.31. The predicted molar refractivity (Wildman–Crippen MR) is 95.4 cm³/mol. The van der Waals surface area contributed by atoms with E-state index in [9.17, 15) is 0 Å². The molecule has 0 saturated carbocycles. The predicted octanol–water partition coefficient (Wildman–Crippen LogP) is 5.55. The molecule has 0 amide bonds. The lowest BCUT2D eigenvalue weighted by Crippen LogP contribution is -2.25. The third-order valence-electron chi connectivity index (χ3n) is 4.22. The van der Waals surface area contributed by atoms with E-state index in [-0.39, 0.29) is 0 Å². The summed E-state index contributed by atoms with van der Waals surface area (Å²) in [6.07, 6.45) is 3.59. The molecule has 0 atom stereocenters. The van der Waals surface area contributed by atoms with Gasteiger partial charge >= 0.3 is 0 Å². The fourth-order valence-corrected chi connectivity index (χ4v) is 2.74. The van der Waals surface area contributed by atoms with E-state index >= 15 is 0 Å². The van der Waals surface area contributed by atoms with Gasteiger partial charge in [-0.2, -0.15) is 0 Å². The summed E-state index contributed by atoms with van der Waals surface area (Å²) in [6, 6.07) is 4.36. The van der Waals surface area contributed by atoms with Gasteiger partial charge in [0, 0.05) is 5.02 Å². The van der Waals surface area contributed by atoms with Crippen LogP contribution in [0.5, 0.6) is 0 Å². The molecule has 0 aliphatic heterocycles. The molecule has 2 heteroatoms. The Labute approximate surface area is 136 Å². The van der Waals surface area contributed by atoms with Gasteiger partial charge in [0.1, 0.15) is 0 Å². The van der Waals surface area contributed by atoms with Gasteiger partial charge in [-0.25, -0.2) is 0 Å². The summed E-state index contributed by atoms with van der Waals surface area (Å²) < 4.78 is 0. The molecule has 1 N–H and O–H groups in total. The van der Waals surface area contributed by atoms with Gasteiger partial charge in [-0.15, -0.1) is 0 Å². The molecule has 1 nitrogen and oxygen atoms in total. The molecule has 0 aliphatic carbocycles. The van der Waals surface area contributed by atoms with Gasteiger partial charge in [0.15, 0.2) is 0 Å². The zero-order chi connectivity index (χ0) is 16.0. The second kappa shape index (κ2) is 8.19. The van der Waals surface area contributed by atoms with Gasteiger partial charge in [0.25, 0.3) is 0 Å². The van der Waals surface area contributed by atoms with E-state index in [1.54, 1.807) is 0 Å². The molecule has 21 heavy (non-hydrogen) atoms. The van der Waals surface area contributed by atoms with Gasteiger partial charge in [0.05, 0.1) is 0 Å². The normalized spacial score (nSPS) is 12.2. The summed E-state index contributed by atoms with van der Waals surface area (Å²) in [5, 5.41) is 4.43. The van der Waals surface area contributed by atoms with Crippen LogP contribution in [0.25, 0.3) is 0 Å². The Bertz CT molecular complexity index is 449. The monoisotopic (exact) mass is 309 g/mol. The highest BCUT2D eigenvalue weighted by atomic mass is 35.5. The van der Waals surface area contributed by atoms with Crippen LogP contribution in [0.4, 0.5) is 0 Å². The van der Waals surface area contributed by atoms with E-state index < -0.39 is 0 Å². The van der Waals surface area contributed by atoms with Gasteiger partial charge in [-0.1, -0.05) is 45.4 Å². The quantitative estimate of drug-likeness (QED) is 0.621. The third kappa shape index (κ3) is 6.84. The van der Waals surface area contributed by atoms with Crippen LogP contribution in [0.2, 0.25) is 5.02 Å². The third-order valence-corrected chi connectivity index (χ3v) is 4.63. The molecule has 0 heterocycles. The Hall–Kier alpha value is -0.530. The Morgan fingerprint density at radius 1 is 1.10 bits per heavy atom. The van der Waals surface area contributed by atoms with Crippen molar-refractivity contribution >= 4 is 11.6 Å². The molecule has 0 fully saturated rings. The first-order valence-corrected chi connectivity index (χ1v) is 8.55. The molecule has 0 unspecified atom stereocenters. The summed E-state index contributed by atoms with van der Waals surface area (Å²) >= 11 is 6.18. The fraction of sp³-hybridized carbons (Fsp3) is 0.684.